The van der Waals surface area contributed by atoms with Crippen LogP contribution in [0.25, 0.3) is 11.0 Å². The SMILES string of the molecule is Cc1cccc2nc(C(C)Cl)n(C3CCCC3C)c12. The highest BCUT2D eigenvalue weighted by Crippen LogP contribution is 2.40. The van der Waals surface area contributed by atoms with E-state index in [1.807, 2.05) is 6.92 Å². The molecule has 0 spiro atoms. The summed E-state index contributed by atoms with van der Waals surface area (Å²) in [5.74, 6) is 1.75. The first-order chi connectivity index (χ1) is 9.09. The number of rotatable bonds is 2. The van der Waals surface area contributed by atoms with Crippen molar-refractivity contribution < 1.29 is 0 Å². The molecule has 1 fully saturated rings. The van der Waals surface area contributed by atoms with Crippen LogP contribution in [0.4, 0.5) is 0 Å². The molecule has 1 heterocycles. The van der Waals surface area contributed by atoms with Gasteiger partial charge in [0.15, 0.2) is 0 Å². The number of nitrogens with zero attached hydrogens (tertiary/aromatic N) is 2. The van der Waals surface area contributed by atoms with Crippen LogP contribution in [0, 0.1) is 12.8 Å². The first-order valence-corrected chi connectivity index (χ1v) is 7.64. The van der Waals surface area contributed by atoms with Gasteiger partial charge in [0, 0.05) is 6.04 Å². The van der Waals surface area contributed by atoms with E-state index in [2.05, 4.69) is 36.6 Å². The molecule has 0 N–H and O–H groups in total. The van der Waals surface area contributed by atoms with Gasteiger partial charge in [-0.25, -0.2) is 4.98 Å². The minimum absolute atomic E-state index is 0.0420. The monoisotopic (exact) mass is 276 g/mol. The molecule has 102 valence electrons. The van der Waals surface area contributed by atoms with Gasteiger partial charge in [0.05, 0.1) is 16.4 Å². The molecule has 0 bridgehead atoms. The van der Waals surface area contributed by atoms with Crippen molar-refractivity contribution in [2.45, 2.75) is 51.5 Å². The highest BCUT2D eigenvalue weighted by molar-refractivity contribution is 6.20. The highest BCUT2D eigenvalue weighted by atomic mass is 35.5. The van der Waals surface area contributed by atoms with Gasteiger partial charge in [0.2, 0.25) is 0 Å². The Bertz CT molecular complexity index is 600. The van der Waals surface area contributed by atoms with Crippen LogP contribution < -0.4 is 0 Å². The quantitative estimate of drug-likeness (QED) is 0.705. The molecule has 1 saturated carbocycles. The van der Waals surface area contributed by atoms with Crippen molar-refractivity contribution in [1.29, 1.82) is 0 Å². The van der Waals surface area contributed by atoms with Gasteiger partial charge < -0.3 is 4.57 Å². The molecular weight excluding hydrogens is 256 g/mol. The second-order valence-corrected chi connectivity index (χ2v) is 6.53. The lowest BCUT2D eigenvalue weighted by Crippen LogP contribution is -2.15. The topological polar surface area (TPSA) is 17.8 Å². The largest absolute Gasteiger partial charge is 0.323 e. The normalized spacial score (nSPS) is 25.1. The van der Waals surface area contributed by atoms with Gasteiger partial charge in [-0.15, -0.1) is 11.6 Å². The standard InChI is InChI=1S/C16H21ClN2/c1-10-6-5-9-14(10)19-15-11(2)7-4-8-13(15)18-16(19)12(3)17/h4,7-8,10,12,14H,5-6,9H2,1-3H3. The van der Waals surface area contributed by atoms with Gasteiger partial charge in [0.1, 0.15) is 5.82 Å². The predicted molar refractivity (Wildman–Crippen MR) is 80.8 cm³/mol. The van der Waals surface area contributed by atoms with Crippen molar-refractivity contribution in [3.8, 4) is 0 Å². The first-order valence-electron chi connectivity index (χ1n) is 7.21. The molecule has 3 atom stereocenters. The van der Waals surface area contributed by atoms with Crippen molar-refractivity contribution in [3.05, 3.63) is 29.6 Å². The Hall–Kier alpha value is -1.02. The molecule has 3 unspecified atom stereocenters. The van der Waals surface area contributed by atoms with E-state index >= 15 is 0 Å². The van der Waals surface area contributed by atoms with Gasteiger partial charge in [-0.3, -0.25) is 0 Å². The molecular formula is C16H21ClN2. The lowest BCUT2D eigenvalue weighted by atomic mass is 10.1. The number of alkyl halides is 1. The Kier molecular flexibility index (Phi) is 3.30. The minimum atomic E-state index is -0.0420. The average molecular weight is 277 g/mol. The van der Waals surface area contributed by atoms with E-state index in [1.54, 1.807) is 0 Å². The Morgan fingerprint density at radius 3 is 2.79 bits per heavy atom. The van der Waals surface area contributed by atoms with Crippen LogP contribution in [0.2, 0.25) is 0 Å². The molecule has 3 heteroatoms. The number of fused-ring (bicyclic) bond motifs is 1. The second kappa shape index (κ2) is 4.82. The summed E-state index contributed by atoms with van der Waals surface area (Å²) in [6.45, 7) is 6.54. The summed E-state index contributed by atoms with van der Waals surface area (Å²) >= 11 is 6.37. The number of halogens is 1. The van der Waals surface area contributed by atoms with E-state index in [0.717, 1.165) is 11.3 Å². The summed E-state index contributed by atoms with van der Waals surface area (Å²) in [6, 6.07) is 6.90. The van der Waals surface area contributed by atoms with Crippen molar-refractivity contribution in [3.63, 3.8) is 0 Å². The maximum Gasteiger partial charge on any atom is 0.127 e. The van der Waals surface area contributed by atoms with Crippen LogP contribution >= 0.6 is 11.6 Å². The number of imidazole rings is 1. The van der Waals surface area contributed by atoms with Crippen molar-refractivity contribution >= 4 is 22.6 Å². The molecule has 1 aromatic carbocycles. The minimum Gasteiger partial charge on any atom is -0.323 e. The zero-order chi connectivity index (χ0) is 13.6. The number of hydrogen-bond acceptors (Lipinski definition) is 1. The summed E-state index contributed by atoms with van der Waals surface area (Å²) < 4.78 is 2.43. The average Bonchev–Trinajstić information content (AvgIpc) is 2.93. The molecule has 0 radical (unpaired) electrons. The zero-order valence-corrected chi connectivity index (χ0v) is 12.6. The molecule has 1 aliphatic carbocycles. The molecule has 0 saturated heterocycles. The number of aryl methyl sites for hydroxylation is 1. The third-order valence-corrected chi connectivity index (χ3v) is 4.64. The third-order valence-electron chi connectivity index (χ3n) is 4.44. The molecule has 0 amide bonds. The number of para-hydroxylation sites is 1. The van der Waals surface area contributed by atoms with Crippen LogP contribution in [0.1, 0.15) is 55.9 Å². The van der Waals surface area contributed by atoms with E-state index in [4.69, 9.17) is 16.6 Å². The van der Waals surface area contributed by atoms with Crippen LogP contribution in [-0.2, 0) is 0 Å². The smallest absolute Gasteiger partial charge is 0.127 e. The van der Waals surface area contributed by atoms with Gasteiger partial charge >= 0.3 is 0 Å². The van der Waals surface area contributed by atoms with E-state index in [-0.39, 0.29) is 5.38 Å². The lowest BCUT2D eigenvalue weighted by Gasteiger charge is -2.22. The number of hydrogen-bond donors (Lipinski definition) is 0. The van der Waals surface area contributed by atoms with E-state index in [0.29, 0.717) is 12.0 Å². The van der Waals surface area contributed by atoms with Gasteiger partial charge in [-0.05, 0) is 44.2 Å². The predicted octanol–water partition coefficient (Wildman–Crippen LogP) is 5.01. The van der Waals surface area contributed by atoms with Gasteiger partial charge in [-0.2, -0.15) is 0 Å². The fraction of sp³-hybridized carbons (Fsp3) is 0.562. The fourth-order valence-electron chi connectivity index (χ4n) is 3.46. The Labute approximate surface area is 119 Å². The summed E-state index contributed by atoms with van der Waals surface area (Å²) in [4.78, 5) is 4.78. The number of aromatic nitrogens is 2. The molecule has 1 aromatic heterocycles. The molecule has 0 aliphatic heterocycles. The Morgan fingerprint density at radius 1 is 1.37 bits per heavy atom. The summed E-state index contributed by atoms with van der Waals surface area (Å²) in [5.41, 5.74) is 3.66. The number of benzene rings is 1. The Balaban J connectivity index is 2.27. The lowest BCUT2D eigenvalue weighted by molar-refractivity contribution is 0.405. The molecule has 19 heavy (non-hydrogen) atoms. The molecule has 1 aliphatic rings. The second-order valence-electron chi connectivity index (χ2n) is 5.87. The zero-order valence-electron chi connectivity index (χ0n) is 11.9. The van der Waals surface area contributed by atoms with Crippen molar-refractivity contribution in [1.82, 2.24) is 9.55 Å². The fourth-order valence-corrected chi connectivity index (χ4v) is 3.62. The van der Waals surface area contributed by atoms with Crippen LogP contribution in [0.15, 0.2) is 18.2 Å². The first kappa shape index (κ1) is 13.0. The molecule has 3 rings (SSSR count). The van der Waals surface area contributed by atoms with E-state index in [1.165, 1.54) is 30.3 Å². The van der Waals surface area contributed by atoms with E-state index < -0.39 is 0 Å². The maximum atomic E-state index is 6.37. The van der Waals surface area contributed by atoms with Crippen LogP contribution in [0.5, 0.6) is 0 Å². The van der Waals surface area contributed by atoms with Crippen LogP contribution in [-0.4, -0.2) is 9.55 Å². The molecule has 2 nitrogen and oxygen atoms in total. The van der Waals surface area contributed by atoms with Crippen molar-refractivity contribution in [2.75, 3.05) is 0 Å². The van der Waals surface area contributed by atoms with Gasteiger partial charge in [0.25, 0.3) is 0 Å². The van der Waals surface area contributed by atoms with Gasteiger partial charge in [-0.1, -0.05) is 25.5 Å². The summed E-state index contributed by atoms with van der Waals surface area (Å²) in [7, 11) is 0. The molecule has 2 aromatic rings. The maximum absolute atomic E-state index is 6.37. The van der Waals surface area contributed by atoms with E-state index in [9.17, 15) is 0 Å². The third kappa shape index (κ3) is 2.06. The van der Waals surface area contributed by atoms with Crippen molar-refractivity contribution in [2.24, 2.45) is 5.92 Å². The summed E-state index contributed by atoms with van der Waals surface area (Å²) in [5, 5.41) is -0.0420. The highest BCUT2D eigenvalue weighted by Gasteiger charge is 2.29. The Morgan fingerprint density at radius 2 is 2.16 bits per heavy atom. The summed E-state index contributed by atoms with van der Waals surface area (Å²) in [6.07, 6.45) is 3.87. The van der Waals surface area contributed by atoms with Crippen LogP contribution in [0.3, 0.4) is 0 Å².